The molecule has 3 rings (SSSR count). The first-order chi connectivity index (χ1) is 11.6. The molecule has 0 aliphatic heterocycles. The minimum absolute atomic E-state index is 0.0547. The summed E-state index contributed by atoms with van der Waals surface area (Å²) in [5, 5.41) is 14.1. The third kappa shape index (κ3) is 3.89. The lowest BCUT2D eigenvalue weighted by Gasteiger charge is -2.17. The van der Waals surface area contributed by atoms with Gasteiger partial charge in [-0.15, -0.1) is 11.3 Å². The number of hydrogen-bond acceptors (Lipinski definition) is 4. The Kier molecular flexibility index (Phi) is 5.05. The number of benzene rings is 1. The molecule has 1 aliphatic carbocycles. The number of rotatable bonds is 5. The average Bonchev–Trinajstić information content (AvgIpc) is 3.11. The van der Waals surface area contributed by atoms with Crippen LogP contribution in [0.25, 0.3) is 10.6 Å². The van der Waals surface area contributed by atoms with Gasteiger partial charge >= 0.3 is 5.97 Å². The van der Waals surface area contributed by atoms with Gasteiger partial charge in [-0.3, -0.25) is 4.79 Å². The van der Waals surface area contributed by atoms with Gasteiger partial charge in [-0.1, -0.05) is 30.4 Å². The molecule has 0 saturated heterocycles. The number of amides is 1. The van der Waals surface area contributed by atoms with Gasteiger partial charge in [0.2, 0.25) is 5.91 Å². The Morgan fingerprint density at radius 2 is 2.21 bits per heavy atom. The smallest absolute Gasteiger partial charge is 0.355 e. The van der Waals surface area contributed by atoms with Crippen molar-refractivity contribution in [3.63, 3.8) is 0 Å². The summed E-state index contributed by atoms with van der Waals surface area (Å²) >= 11 is 1.30. The summed E-state index contributed by atoms with van der Waals surface area (Å²) in [4.78, 5) is 27.2. The van der Waals surface area contributed by atoms with Gasteiger partial charge in [0.15, 0.2) is 5.69 Å². The zero-order chi connectivity index (χ0) is 16.9. The van der Waals surface area contributed by atoms with Crippen molar-refractivity contribution in [1.29, 1.82) is 0 Å². The Balaban J connectivity index is 1.65. The van der Waals surface area contributed by atoms with Gasteiger partial charge in [0, 0.05) is 23.4 Å². The van der Waals surface area contributed by atoms with Crippen molar-refractivity contribution in [1.82, 2.24) is 10.3 Å². The maximum Gasteiger partial charge on any atom is 0.355 e. The van der Waals surface area contributed by atoms with Crippen LogP contribution in [0.3, 0.4) is 0 Å². The van der Waals surface area contributed by atoms with E-state index in [2.05, 4.69) is 22.5 Å². The fraction of sp³-hybridized carbons (Fsp3) is 0.278. The van der Waals surface area contributed by atoms with Crippen molar-refractivity contribution in [2.45, 2.75) is 25.8 Å². The number of carboxylic acid groups (broad SMARTS) is 1. The number of thiazole rings is 1. The number of nitrogens with zero attached hydrogens (tertiary/aromatic N) is 1. The molecule has 1 aliphatic rings. The van der Waals surface area contributed by atoms with Crippen LogP contribution in [0.2, 0.25) is 0 Å². The lowest BCUT2D eigenvalue weighted by Crippen LogP contribution is -2.30. The molecule has 0 fully saturated rings. The van der Waals surface area contributed by atoms with E-state index in [0.717, 1.165) is 30.4 Å². The molecule has 0 bridgehead atoms. The lowest BCUT2D eigenvalue weighted by atomic mass is 9.93. The molecule has 2 N–H and O–H groups in total. The number of hydrogen-bond donors (Lipinski definition) is 2. The summed E-state index contributed by atoms with van der Waals surface area (Å²) in [6.45, 7) is 0.462. The Bertz CT molecular complexity index is 782. The van der Waals surface area contributed by atoms with Crippen molar-refractivity contribution < 1.29 is 14.7 Å². The molecule has 1 unspecified atom stereocenters. The molecule has 0 saturated carbocycles. The maximum atomic E-state index is 12.2. The highest BCUT2D eigenvalue weighted by Gasteiger charge is 2.18. The van der Waals surface area contributed by atoms with E-state index in [4.69, 9.17) is 5.11 Å². The van der Waals surface area contributed by atoms with E-state index in [1.165, 1.54) is 16.7 Å². The SMILES string of the molecule is O=C(O)c1csc(-c2cccc(CNC(=O)C3CC=CCC3)c2)n1. The zero-order valence-corrected chi connectivity index (χ0v) is 13.9. The van der Waals surface area contributed by atoms with Gasteiger partial charge in [-0.05, 0) is 30.9 Å². The monoisotopic (exact) mass is 342 g/mol. The maximum absolute atomic E-state index is 12.2. The quantitative estimate of drug-likeness (QED) is 0.815. The highest BCUT2D eigenvalue weighted by molar-refractivity contribution is 7.13. The molecule has 1 amide bonds. The van der Waals surface area contributed by atoms with E-state index in [1.807, 2.05) is 24.3 Å². The zero-order valence-electron chi connectivity index (χ0n) is 13.1. The van der Waals surface area contributed by atoms with E-state index in [9.17, 15) is 9.59 Å². The molecular formula is C18H18N2O3S. The van der Waals surface area contributed by atoms with Gasteiger partial charge in [0.05, 0.1) is 0 Å². The molecule has 1 heterocycles. The van der Waals surface area contributed by atoms with Crippen LogP contribution in [0.1, 0.15) is 35.3 Å². The van der Waals surface area contributed by atoms with Gasteiger partial charge in [-0.2, -0.15) is 0 Å². The average molecular weight is 342 g/mol. The standard InChI is InChI=1S/C18H18N2O3S/c21-16(13-6-2-1-3-7-13)19-10-12-5-4-8-14(9-12)17-20-15(11-24-17)18(22)23/h1-2,4-5,8-9,11,13H,3,6-7,10H2,(H,19,21)(H,22,23). The third-order valence-corrected chi connectivity index (χ3v) is 4.90. The summed E-state index contributed by atoms with van der Waals surface area (Å²) < 4.78 is 0. The van der Waals surface area contributed by atoms with Gasteiger partial charge in [-0.25, -0.2) is 9.78 Å². The topological polar surface area (TPSA) is 79.3 Å². The molecular weight excluding hydrogens is 324 g/mol. The summed E-state index contributed by atoms with van der Waals surface area (Å²) in [5.74, 6) is -0.870. The number of carbonyl (C=O) groups is 2. The first kappa shape index (κ1) is 16.4. The first-order valence-corrected chi connectivity index (χ1v) is 8.72. The van der Waals surface area contributed by atoms with Crippen LogP contribution in [0.15, 0.2) is 41.8 Å². The predicted octanol–water partition coefficient (Wildman–Crippen LogP) is 3.48. The minimum Gasteiger partial charge on any atom is -0.476 e. The van der Waals surface area contributed by atoms with Crippen molar-refractivity contribution >= 4 is 23.2 Å². The Morgan fingerprint density at radius 3 is 2.92 bits per heavy atom. The second-order valence-electron chi connectivity index (χ2n) is 5.74. The van der Waals surface area contributed by atoms with Crippen molar-refractivity contribution in [3.05, 3.63) is 53.1 Å². The first-order valence-electron chi connectivity index (χ1n) is 7.84. The third-order valence-electron chi connectivity index (χ3n) is 4.00. The number of allylic oxidation sites excluding steroid dienone is 2. The van der Waals surface area contributed by atoms with E-state index < -0.39 is 5.97 Å². The van der Waals surface area contributed by atoms with E-state index >= 15 is 0 Å². The van der Waals surface area contributed by atoms with Crippen LogP contribution in [0, 0.1) is 5.92 Å². The Morgan fingerprint density at radius 1 is 1.33 bits per heavy atom. The minimum atomic E-state index is -1.03. The molecule has 24 heavy (non-hydrogen) atoms. The second kappa shape index (κ2) is 7.40. The number of carboxylic acids is 1. The van der Waals surface area contributed by atoms with Crippen LogP contribution in [-0.4, -0.2) is 22.0 Å². The fourth-order valence-electron chi connectivity index (χ4n) is 2.68. The lowest BCUT2D eigenvalue weighted by molar-refractivity contribution is -0.125. The number of carbonyl (C=O) groups excluding carboxylic acids is 1. The highest BCUT2D eigenvalue weighted by atomic mass is 32.1. The summed E-state index contributed by atoms with van der Waals surface area (Å²) in [5.41, 5.74) is 1.89. The molecule has 124 valence electrons. The summed E-state index contributed by atoms with van der Waals surface area (Å²) in [6.07, 6.45) is 6.86. The van der Waals surface area contributed by atoms with Gasteiger partial charge in [0.25, 0.3) is 0 Å². The molecule has 0 radical (unpaired) electrons. The van der Waals surface area contributed by atoms with Gasteiger partial charge in [0.1, 0.15) is 5.01 Å². The van der Waals surface area contributed by atoms with Crippen molar-refractivity contribution in [3.8, 4) is 10.6 Å². The van der Waals surface area contributed by atoms with Gasteiger partial charge < -0.3 is 10.4 Å². The molecule has 1 aromatic carbocycles. The molecule has 2 aromatic rings. The molecule has 6 heteroatoms. The normalized spacial score (nSPS) is 16.8. The molecule has 1 atom stereocenters. The van der Waals surface area contributed by atoms with Crippen molar-refractivity contribution in [2.24, 2.45) is 5.92 Å². The number of aromatic nitrogens is 1. The largest absolute Gasteiger partial charge is 0.476 e. The van der Waals surface area contributed by atoms with Crippen LogP contribution >= 0.6 is 11.3 Å². The number of nitrogens with one attached hydrogen (secondary N) is 1. The van der Waals surface area contributed by atoms with Crippen molar-refractivity contribution in [2.75, 3.05) is 0 Å². The molecule has 0 spiro atoms. The highest BCUT2D eigenvalue weighted by Crippen LogP contribution is 2.25. The van der Waals surface area contributed by atoms with Crippen LogP contribution in [-0.2, 0) is 11.3 Å². The van der Waals surface area contributed by atoms with E-state index in [1.54, 1.807) is 0 Å². The molecule has 1 aromatic heterocycles. The number of aromatic carboxylic acids is 1. The predicted molar refractivity (Wildman–Crippen MR) is 92.8 cm³/mol. The molecule has 5 nitrogen and oxygen atoms in total. The van der Waals surface area contributed by atoms with Crippen LogP contribution in [0.5, 0.6) is 0 Å². The summed E-state index contributed by atoms with van der Waals surface area (Å²) in [6, 6.07) is 7.66. The van der Waals surface area contributed by atoms with Crippen LogP contribution in [0.4, 0.5) is 0 Å². The summed E-state index contributed by atoms with van der Waals surface area (Å²) in [7, 11) is 0. The fourth-order valence-corrected chi connectivity index (χ4v) is 3.48. The van der Waals surface area contributed by atoms with E-state index in [-0.39, 0.29) is 17.5 Å². The Labute approximate surface area is 144 Å². The second-order valence-corrected chi connectivity index (χ2v) is 6.60. The Hall–Kier alpha value is -2.47. The van der Waals surface area contributed by atoms with Crippen LogP contribution < -0.4 is 5.32 Å². The van der Waals surface area contributed by atoms with E-state index in [0.29, 0.717) is 11.6 Å².